The van der Waals surface area contributed by atoms with E-state index in [1.54, 1.807) is 9.58 Å². The van der Waals surface area contributed by atoms with Crippen LogP contribution in [0.5, 0.6) is 0 Å². The van der Waals surface area contributed by atoms with Gasteiger partial charge in [0.25, 0.3) is 0 Å². The number of rotatable bonds is 3. The summed E-state index contributed by atoms with van der Waals surface area (Å²) in [4.78, 5) is 25.3. The summed E-state index contributed by atoms with van der Waals surface area (Å²) in [6.45, 7) is 4.27. The van der Waals surface area contributed by atoms with E-state index in [0.717, 1.165) is 17.8 Å². The van der Waals surface area contributed by atoms with Gasteiger partial charge in [-0.3, -0.25) is 14.3 Å². The van der Waals surface area contributed by atoms with Crippen LogP contribution in [0.3, 0.4) is 0 Å². The zero-order valence-electron chi connectivity index (χ0n) is 11.9. The van der Waals surface area contributed by atoms with Crippen LogP contribution >= 0.6 is 11.6 Å². The van der Waals surface area contributed by atoms with Gasteiger partial charge in [0.2, 0.25) is 11.8 Å². The van der Waals surface area contributed by atoms with E-state index in [0.29, 0.717) is 18.0 Å². The van der Waals surface area contributed by atoms with Crippen molar-refractivity contribution in [3.8, 4) is 0 Å². The van der Waals surface area contributed by atoms with E-state index in [-0.39, 0.29) is 24.4 Å². The lowest BCUT2D eigenvalue weighted by atomic mass is 10.2. The maximum absolute atomic E-state index is 12.1. The molecule has 1 unspecified atom stereocenters. The molecule has 0 saturated carbocycles. The van der Waals surface area contributed by atoms with Crippen molar-refractivity contribution >= 4 is 23.4 Å². The average Bonchev–Trinajstić information content (AvgIpc) is 2.60. The summed E-state index contributed by atoms with van der Waals surface area (Å²) < 4.78 is 1.71. The fourth-order valence-corrected chi connectivity index (χ4v) is 2.72. The molecule has 2 rings (SSSR count). The van der Waals surface area contributed by atoms with Crippen LogP contribution in [-0.4, -0.2) is 39.1 Å². The van der Waals surface area contributed by atoms with Crippen molar-refractivity contribution in [2.24, 2.45) is 7.05 Å². The fourth-order valence-electron chi connectivity index (χ4n) is 2.37. The van der Waals surface area contributed by atoms with E-state index in [2.05, 4.69) is 10.4 Å². The van der Waals surface area contributed by atoms with Gasteiger partial charge in [-0.2, -0.15) is 5.10 Å². The van der Waals surface area contributed by atoms with Gasteiger partial charge in [0.1, 0.15) is 0 Å². The molecule has 20 heavy (non-hydrogen) atoms. The van der Waals surface area contributed by atoms with Crippen molar-refractivity contribution in [1.82, 2.24) is 20.0 Å². The lowest BCUT2D eigenvalue weighted by Gasteiger charge is -2.26. The Morgan fingerprint density at radius 3 is 2.75 bits per heavy atom. The molecule has 2 heterocycles. The number of aromatic nitrogens is 2. The predicted octanol–water partition coefficient (Wildman–Crippen LogP) is 0.873. The molecule has 0 bridgehead atoms. The number of carbonyl (C=O) groups excluding carboxylic acids is 2. The SMILES string of the molecule is CCc1nn(C)c(CN2C(=O)CNC(=O)CC2C)c1Cl. The second kappa shape index (κ2) is 5.83. The van der Waals surface area contributed by atoms with Crippen LogP contribution in [-0.2, 0) is 29.6 Å². The van der Waals surface area contributed by atoms with Crippen molar-refractivity contribution in [2.75, 3.05) is 6.54 Å². The Morgan fingerprint density at radius 1 is 1.45 bits per heavy atom. The molecule has 2 amide bonds. The molecule has 1 atom stereocenters. The van der Waals surface area contributed by atoms with Crippen molar-refractivity contribution in [3.63, 3.8) is 0 Å². The van der Waals surface area contributed by atoms with E-state index in [4.69, 9.17) is 11.6 Å². The molecule has 7 heteroatoms. The Morgan fingerprint density at radius 2 is 2.15 bits per heavy atom. The summed E-state index contributed by atoms with van der Waals surface area (Å²) >= 11 is 6.31. The van der Waals surface area contributed by atoms with Gasteiger partial charge >= 0.3 is 0 Å². The van der Waals surface area contributed by atoms with Crippen LogP contribution < -0.4 is 5.32 Å². The molecule has 1 aliphatic rings. The summed E-state index contributed by atoms with van der Waals surface area (Å²) in [7, 11) is 1.82. The molecule has 0 spiro atoms. The third-order valence-corrected chi connectivity index (χ3v) is 4.03. The maximum atomic E-state index is 12.1. The van der Waals surface area contributed by atoms with E-state index < -0.39 is 0 Å². The second-order valence-electron chi connectivity index (χ2n) is 5.04. The number of hydrogen-bond donors (Lipinski definition) is 1. The highest BCUT2D eigenvalue weighted by Gasteiger charge is 2.28. The minimum absolute atomic E-state index is 0.0410. The molecule has 0 radical (unpaired) electrons. The monoisotopic (exact) mass is 298 g/mol. The van der Waals surface area contributed by atoms with Crippen LogP contribution in [0.2, 0.25) is 5.02 Å². The molecular weight excluding hydrogens is 280 g/mol. The van der Waals surface area contributed by atoms with Crippen LogP contribution in [0, 0.1) is 0 Å². The standard InChI is InChI=1S/C13H19ClN4O2/c1-4-9-13(14)10(17(3)16-9)7-18-8(2)5-11(19)15-6-12(18)20/h8H,4-7H2,1-3H3,(H,15,19). The van der Waals surface area contributed by atoms with Crippen molar-refractivity contribution in [2.45, 2.75) is 39.3 Å². The maximum Gasteiger partial charge on any atom is 0.242 e. The first-order valence-corrected chi connectivity index (χ1v) is 7.08. The Balaban J connectivity index is 2.25. The summed E-state index contributed by atoms with van der Waals surface area (Å²) in [6.07, 6.45) is 1.05. The summed E-state index contributed by atoms with van der Waals surface area (Å²) in [5.74, 6) is -0.197. The molecule has 1 aliphatic heterocycles. The van der Waals surface area contributed by atoms with Gasteiger partial charge in [0.15, 0.2) is 0 Å². The smallest absolute Gasteiger partial charge is 0.242 e. The number of aryl methyl sites for hydroxylation is 2. The largest absolute Gasteiger partial charge is 0.347 e. The van der Waals surface area contributed by atoms with Crippen molar-refractivity contribution in [1.29, 1.82) is 0 Å². The molecule has 1 saturated heterocycles. The number of halogens is 1. The third-order valence-electron chi connectivity index (χ3n) is 3.59. The van der Waals surface area contributed by atoms with Crippen molar-refractivity contribution in [3.05, 3.63) is 16.4 Å². The zero-order chi connectivity index (χ0) is 14.9. The molecule has 1 aromatic heterocycles. The van der Waals surface area contributed by atoms with Gasteiger partial charge in [-0.25, -0.2) is 0 Å². The fraction of sp³-hybridized carbons (Fsp3) is 0.615. The highest BCUT2D eigenvalue weighted by Crippen LogP contribution is 2.23. The molecule has 1 aromatic rings. The molecule has 0 aliphatic carbocycles. The van der Waals surface area contributed by atoms with Gasteiger partial charge in [-0.1, -0.05) is 18.5 Å². The number of nitrogens with zero attached hydrogens (tertiary/aromatic N) is 3. The van der Waals surface area contributed by atoms with Gasteiger partial charge in [0, 0.05) is 19.5 Å². The normalized spacial score (nSPS) is 20.0. The Bertz CT molecular complexity index is 541. The quantitative estimate of drug-likeness (QED) is 0.900. The first-order chi connectivity index (χ1) is 9.43. The van der Waals surface area contributed by atoms with Gasteiger partial charge < -0.3 is 10.2 Å². The van der Waals surface area contributed by atoms with Crippen LogP contribution in [0.25, 0.3) is 0 Å². The molecule has 1 fully saturated rings. The first-order valence-electron chi connectivity index (χ1n) is 6.70. The zero-order valence-corrected chi connectivity index (χ0v) is 12.7. The molecule has 6 nitrogen and oxygen atoms in total. The lowest BCUT2D eigenvalue weighted by molar-refractivity contribution is -0.132. The summed E-state index contributed by atoms with van der Waals surface area (Å²) in [5.41, 5.74) is 1.63. The van der Waals surface area contributed by atoms with E-state index >= 15 is 0 Å². The Hall–Kier alpha value is -1.56. The Labute approximate surface area is 123 Å². The average molecular weight is 299 g/mol. The first kappa shape index (κ1) is 14.8. The highest BCUT2D eigenvalue weighted by molar-refractivity contribution is 6.31. The van der Waals surface area contributed by atoms with Crippen LogP contribution in [0.1, 0.15) is 31.7 Å². The minimum atomic E-state index is -0.152. The second-order valence-corrected chi connectivity index (χ2v) is 5.41. The predicted molar refractivity (Wildman–Crippen MR) is 75.2 cm³/mol. The number of amides is 2. The lowest BCUT2D eigenvalue weighted by Crippen LogP contribution is -2.39. The van der Waals surface area contributed by atoms with Crippen LogP contribution in [0.15, 0.2) is 0 Å². The molecular formula is C13H19ClN4O2. The van der Waals surface area contributed by atoms with Crippen LogP contribution in [0.4, 0.5) is 0 Å². The summed E-state index contributed by atoms with van der Waals surface area (Å²) in [5, 5.41) is 7.56. The molecule has 1 N–H and O–H groups in total. The van der Waals surface area contributed by atoms with Crippen molar-refractivity contribution < 1.29 is 9.59 Å². The Kier molecular flexibility index (Phi) is 4.32. The van der Waals surface area contributed by atoms with Gasteiger partial charge in [-0.15, -0.1) is 0 Å². The number of carbonyl (C=O) groups is 2. The highest BCUT2D eigenvalue weighted by atomic mass is 35.5. The number of hydrogen-bond acceptors (Lipinski definition) is 3. The van der Waals surface area contributed by atoms with E-state index in [1.165, 1.54) is 0 Å². The number of nitrogens with one attached hydrogen (secondary N) is 1. The topological polar surface area (TPSA) is 67.2 Å². The molecule has 0 aromatic carbocycles. The van der Waals surface area contributed by atoms with Gasteiger partial charge in [0.05, 0.1) is 29.5 Å². The molecule has 110 valence electrons. The minimum Gasteiger partial charge on any atom is -0.347 e. The van der Waals surface area contributed by atoms with E-state index in [9.17, 15) is 9.59 Å². The van der Waals surface area contributed by atoms with Gasteiger partial charge in [-0.05, 0) is 13.3 Å². The van der Waals surface area contributed by atoms with E-state index in [1.807, 2.05) is 20.9 Å². The third kappa shape index (κ3) is 2.80. The summed E-state index contributed by atoms with van der Waals surface area (Å²) in [6, 6.07) is -0.152.